The van der Waals surface area contributed by atoms with Gasteiger partial charge in [-0.05, 0) is 12.1 Å². The highest BCUT2D eigenvalue weighted by atomic mass is 16.7. The molecule has 1 heterocycles. The summed E-state index contributed by atoms with van der Waals surface area (Å²) < 4.78 is 0.821. The van der Waals surface area contributed by atoms with Gasteiger partial charge in [-0.1, -0.05) is 6.92 Å². The predicted octanol–water partition coefficient (Wildman–Crippen LogP) is -0.204. The molecular weight excluding hydrogens is 172 g/mol. The number of hydrogen-bond donors (Lipinski definition) is 1. The number of aromatic nitrogens is 1. The number of anilines is 1. The quantitative estimate of drug-likeness (QED) is 0.687. The van der Waals surface area contributed by atoms with Crippen molar-refractivity contribution in [2.75, 3.05) is 5.73 Å². The maximum Gasteiger partial charge on any atom is 0.332 e. The SMILES string of the molecule is CCC(=O)On1cccc(N)c1=O. The third-order valence-electron chi connectivity index (χ3n) is 1.43. The molecule has 1 rings (SSSR count). The molecule has 0 aromatic carbocycles. The summed E-state index contributed by atoms with van der Waals surface area (Å²) in [5.41, 5.74) is 4.84. The fourth-order valence-electron chi connectivity index (χ4n) is 0.737. The van der Waals surface area contributed by atoms with Gasteiger partial charge in [0.2, 0.25) is 0 Å². The Hall–Kier alpha value is -1.78. The third-order valence-corrected chi connectivity index (χ3v) is 1.43. The normalized spacial score (nSPS) is 9.62. The molecule has 0 radical (unpaired) electrons. The first-order valence-electron chi connectivity index (χ1n) is 3.83. The predicted molar refractivity (Wildman–Crippen MR) is 47.0 cm³/mol. The van der Waals surface area contributed by atoms with E-state index in [1.165, 1.54) is 18.3 Å². The summed E-state index contributed by atoms with van der Waals surface area (Å²) >= 11 is 0. The number of nitrogens with zero attached hydrogens (tertiary/aromatic N) is 1. The minimum atomic E-state index is -0.524. The minimum absolute atomic E-state index is 0.0476. The van der Waals surface area contributed by atoms with Crippen LogP contribution in [0.2, 0.25) is 0 Å². The van der Waals surface area contributed by atoms with Gasteiger partial charge in [-0.25, -0.2) is 4.79 Å². The average molecular weight is 182 g/mol. The van der Waals surface area contributed by atoms with Crippen LogP contribution < -0.4 is 16.1 Å². The lowest BCUT2D eigenvalue weighted by Gasteiger charge is -2.04. The van der Waals surface area contributed by atoms with Gasteiger partial charge in [0.05, 0.1) is 0 Å². The van der Waals surface area contributed by atoms with E-state index in [1.807, 2.05) is 0 Å². The van der Waals surface area contributed by atoms with E-state index in [1.54, 1.807) is 6.92 Å². The Morgan fingerprint density at radius 2 is 2.38 bits per heavy atom. The Morgan fingerprint density at radius 1 is 1.69 bits per heavy atom. The average Bonchev–Trinajstić information content (AvgIpc) is 2.13. The highest BCUT2D eigenvalue weighted by Gasteiger charge is 2.03. The second kappa shape index (κ2) is 3.75. The highest BCUT2D eigenvalue weighted by molar-refractivity contribution is 5.69. The van der Waals surface area contributed by atoms with Crippen LogP contribution in [0.1, 0.15) is 13.3 Å². The monoisotopic (exact) mass is 182 g/mol. The van der Waals surface area contributed by atoms with Crippen molar-refractivity contribution in [3.63, 3.8) is 0 Å². The van der Waals surface area contributed by atoms with Gasteiger partial charge < -0.3 is 10.6 Å². The van der Waals surface area contributed by atoms with Gasteiger partial charge in [0, 0.05) is 12.6 Å². The summed E-state index contributed by atoms with van der Waals surface area (Å²) in [5.74, 6) is -0.479. The number of carbonyl (C=O) groups excluding carboxylic acids is 1. The van der Waals surface area contributed by atoms with Crippen LogP contribution in [0.5, 0.6) is 0 Å². The van der Waals surface area contributed by atoms with Gasteiger partial charge in [-0.2, -0.15) is 0 Å². The summed E-state index contributed by atoms with van der Waals surface area (Å²) in [5, 5.41) is 0. The Morgan fingerprint density at radius 3 is 3.00 bits per heavy atom. The van der Waals surface area contributed by atoms with E-state index in [-0.39, 0.29) is 12.1 Å². The van der Waals surface area contributed by atoms with E-state index in [4.69, 9.17) is 5.73 Å². The van der Waals surface area contributed by atoms with E-state index < -0.39 is 11.5 Å². The maximum absolute atomic E-state index is 11.2. The maximum atomic E-state index is 11.2. The van der Waals surface area contributed by atoms with Crippen molar-refractivity contribution >= 4 is 11.7 Å². The number of hydrogen-bond acceptors (Lipinski definition) is 4. The van der Waals surface area contributed by atoms with Crippen LogP contribution in [0, 0.1) is 0 Å². The zero-order valence-corrected chi connectivity index (χ0v) is 7.19. The van der Waals surface area contributed by atoms with Crippen LogP contribution in [0.15, 0.2) is 23.1 Å². The fourth-order valence-corrected chi connectivity index (χ4v) is 0.737. The fraction of sp³-hybridized carbons (Fsp3) is 0.250. The van der Waals surface area contributed by atoms with Crippen LogP contribution in [0.25, 0.3) is 0 Å². The molecule has 0 bridgehead atoms. The van der Waals surface area contributed by atoms with E-state index in [0.717, 1.165) is 4.73 Å². The molecule has 0 saturated carbocycles. The lowest BCUT2D eigenvalue weighted by Crippen LogP contribution is -2.31. The molecule has 13 heavy (non-hydrogen) atoms. The highest BCUT2D eigenvalue weighted by Crippen LogP contribution is 1.90. The van der Waals surface area contributed by atoms with Crippen LogP contribution in [-0.2, 0) is 4.79 Å². The van der Waals surface area contributed by atoms with E-state index in [0.29, 0.717) is 0 Å². The van der Waals surface area contributed by atoms with Crippen LogP contribution in [-0.4, -0.2) is 10.7 Å². The van der Waals surface area contributed by atoms with Crippen molar-refractivity contribution in [1.29, 1.82) is 0 Å². The molecule has 5 nitrogen and oxygen atoms in total. The largest absolute Gasteiger partial charge is 0.394 e. The van der Waals surface area contributed by atoms with Gasteiger partial charge >= 0.3 is 11.5 Å². The van der Waals surface area contributed by atoms with Gasteiger partial charge in [0.25, 0.3) is 0 Å². The molecule has 0 aliphatic rings. The molecule has 0 saturated heterocycles. The van der Waals surface area contributed by atoms with E-state index in [2.05, 4.69) is 4.84 Å². The van der Waals surface area contributed by atoms with Gasteiger partial charge in [0.15, 0.2) is 0 Å². The summed E-state index contributed by atoms with van der Waals surface area (Å²) in [6, 6.07) is 2.97. The van der Waals surface area contributed by atoms with Gasteiger partial charge in [0.1, 0.15) is 5.69 Å². The Labute approximate surface area is 74.7 Å². The number of nitrogen functional groups attached to an aromatic ring is 1. The number of nitrogens with two attached hydrogens (primary N) is 1. The molecule has 5 heteroatoms. The molecule has 0 fully saturated rings. The summed E-state index contributed by atoms with van der Waals surface area (Å²) in [6.45, 7) is 1.64. The number of rotatable bonds is 2. The Bertz CT molecular complexity index is 370. The molecule has 1 aromatic rings. The molecule has 0 aliphatic carbocycles. The zero-order chi connectivity index (χ0) is 9.84. The smallest absolute Gasteiger partial charge is 0.332 e. The van der Waals surface area contributed by atoms with E-state index in [9.17, 15) is 9.59 Å². The summed E-state index contributed by atoms with van der Waals surface area (Å²) in [4.78, 5) is 26.7. The second-order valence-corrected chi connectivity index (χ2v) is 2.41. The zero-order valence-electron chi connectivity index (χ0n) is 7.19. The second-order valence-electron chi connectivity index (χ2n) is 2.41. The number of carbonyl (C=O) groups is 1. The Balaban J connectivity index is 2.96. The molecular formula is C8H10N2O3. The molecule has 2 N–H and O–H groups in total. The molecule has 1 aromatic heterocycles. The summed E-state index contributed by atoms with van der Waals surface area (Å²) in [6.07, 6.45) is 1.55. The first kappa shape index (κ1) is 9.31. The Kier molecular flexibility index (Phi) is 2.69. The molecule has 0 amide bonds. The van der Waals surface area contributed by atoms with Crippen LogP contribution >= 0.6 is 0 Å². The lowest BCUT2D eigenvalue weighted by atomic mass is 10.4. The lowest BCUT2D eigenvalue weighted by molar-refractivity contribution is -0.144. The topological polar surface area (TPSA) is 74.3 Å². The van der Waals surface area contributed by atoms with Crippen molar-refractivity contribution in [2.45, 2.75) is 13.3 Å². The molecule has 0 aliphatic heterocycles. The van der Waals surface area contributed by atoms with Crippen LogP contribution in [0.4, 0.5) is 5.69 Å². The first-order chi connectivity index (χ1) is 6.15. The van der Waals surface area contributed by atoms with Crippen molar-refractivity contribution in [1.82, 2.24) is 4.73 Å². The summed E-state index contributed by atoms with van der Waals surface area (Å²) in [7, 11) is 0. The standard InChI is InChI=1S/C8H10N2O3/c1-2-7(11)13-10-5-3-4-6(9)8(10)12/h3-5H,2,9H2,1H3. The first-order valence-corrected chi connectivity index (χ1v) is 3.83. The molecule has 0 unspecified atom stereocenters. The molecule has 70 valence electrons. The van der Waals surface area contributed by atoms with Crippen molar-refractivity contribution in [3.8, 4) is 0 Å². The third kappa shape index (κ3) is 2.08. The van der Waals surface area contributed by atoms with E-state index >= 15 is 0 Å². The van der Waals surface area contributed by atoms with Crippen molar-refractivity contribution in [3.05, 3.63) is 28.7 Å². The van der Waals surface area contributed by atoms with Crippen LogP contribution in [0.3, 0.4) is 0 Å². The van der Waals surface area contributed by atoms with Gasteiger partial charge in [-0.3, -0.25) is 4.79 Å². The molecule has 0 spiro atoms. The number of pyridine rings is 1. The molecule has 0 atom stereocenters. The van der Waals surface area contributed by atoms with Crippen molar-refractivity contribution < 1.29 is 9.63 Å². The minimum Gasteiger partial charge on any atom is -0.394 e. The van der Waals surface area contributed by atoms with Crippen molar-refractivity contribution in [2.24, 2.45) is 0 Å². The van der Waals surface area contributed by atoms with Gasteiger partial charge in [-0.15, -0.1) is 4.73 Å².